The van der Waals surface area contributed by atoms with Crippen LogP contribution < -0.4 is 10.1 Å². The highest BCUT2D eigenvalue weighted by Crippen LogP contribution is 2.29. The van der Waals surface area contributed by atoms with Crippen LogP contribution in [0.1, 0.15) is 12.1 Å². The number of methoxy groups -OCH3 is 1. The molecular formula is C16H14ClN3O5S. The lowest BCUT2D eigenvalue weighted by Crippen LogP contribution is -2.11. The average Bonchev–Trinajstić information content (AvgIpc) is 3.12. The van der Waals surface area contributed by atoms with Gasteiger partial charge in [-0.25, -0.2) is 18.4 Å². The third-order valence-electron chi connectivity index (χ3n) is 3.39. The summed E-state index contributed by atoms with van der Waals surface area (Å²) in [7, 11) is 2.57. The van der Waals surface area contributed by atoms with Gasteiger partial charge in [0, 0.05) is 16.2 Å². The second kappa shape index (κ2) is 7.32. The van der Waals surface area contributed by atoms with Crippen LogP contribution in [-0.4, -0.2) is 30.6 Å². The third-order valence-corrected chi connectivity index (χ3v) is 4.71. The number of ether oxygens (including phenoxy) is 1. The van der Waals surface area contributed by atoms with Gasteiger partial charge in [-0.2, -0.15) is 0 Å². The molecule has 26 heavy (non-hydrogen) atoms. The molecule has 3 aromatic rings. The molecule has 0 aliphatic heterocycles. The molecule has 0 aliphatic carbocycles. The first-order valence-corrected chi connectivity index (χ1v) is 9.64. The second-order valence-electron chi connectivity index (χ2n) is 5.14. The number of nitrogens with zero attached hydrogens (tertiary/aromatic N) is 2. The molecule has 0 spiro atoms. The van der Waals surface area contributed by atoms with Gasteiger partial charge in [0.15, 0.2) is 5.76 Å². The van der Waals surface area contributed by atoms with Crippen LogP contribution in [0.15, 0.2) is 58.1 Å². The van der Waals surface area contributed by atoms with Gasteiger partial charge in [0.25, 0.3) is 9.05 Å². The van der Waals surface area contributed by atoms with E-state index in [1.165, 1.54) is 25.6 Å². The highest BCUT2D eigenvalue weighted by Gasteiger charge is 2.21. The van der Waals surface area contributed by atoms with Crippen LogP contribution >= 0.6 is 10.7 Å². The number of aliphatic hydroxyl groups is 1. The molecule has 1 aromatic carbocycles. The topological polar surface area (TPSA) is 115 Å². The lowest BCUT2D eigenvalue weighted by atomic mass is 10.2. The summed E-state index contributed by atoms with van der Waals surface area (Å²) in [4.78, 5) is 7.55. The molecule has 3 rings (SSSR count). The minimum atomic E-state index is -4.08. The molecule has 8 nitrogen and oxygen atoms in total. The molecule has 0 amide bonds. The largest absolute Gasteiger partial charge is 0.480 e. The maximum atomic E-state index is 11.6. The normalized spacial score (nSPS) is 12.6. The standard InChI is InChI=1S/C16H14ClN3O5S/c1-24-15-13(26(17,22)23)7-11(8-18-15)20-14(21)16-19-9-12(25-16)10-5-3-2-4-6-10/h2-9,14,20-21H,1H3. The molecule has 1 unspecified atom stereocenters. The summed E-state index contributed by atoms with van der Waals surface area (Å²) in [5.74, 6) is 0.343. The minimum absolute atomic E-state index is 0.00921. The number of aromatic nitrogens is 2. The SMILES string of the molecule is COc1ncc(NC(O)c2ncc(-c3ccccc3)o2)cc1S(=O)(=O)Cl. The molecule has 1 atom stereocenters. The van der Waals surface area contributed by atoms with Crippen molar-refractivity contribution in [2.24, 2.45) is 0 Å². The van der Waals surface area contributed by atoms with E-state index in [0.29, 0.717) is 5.76 Å². The number of pyridine rings is 1. The number of oxazole rings is 1. The first-order valence-electron chi connectivity index (χ1n) is 7.33. The van der Waals surface area contributed by atoms with E-state index in [1.54, 1.807) is 0 Å². The van der Waals surface area contributed by atoms with Gasteiger partial charge in [-0.1, -0.05) is 30.3 Å². The van der Waals surface area contributed by atoms with E-state index in [-0.39, 0.29) is 22.4 Å². The smallest absolute Gasteiger partial charge is 0.266 e. The van der Waals surface area contributed by atoms with Crippen molar-refractivity contribution in [3.8, 4) is 17.2 Å². The molecule has 0 fully saturated rings. The van der Waals surface area contributed by atoms with E-state index in [2.05, 4.69) is 15.3 Å². The van der Waals surface area contributed by atoms with Gasteiger partial charge < -0.3 is 19.6 Å². The summed E-state index contributed by atoms with van der Waals surface area (Å²) in [6, 6.07) is 10.5. The van der Waals surface area contributed by atoms with E-state index in [1.807, 2.05) is 30.3 Å². The van der Waals surface area contributed by atoms with Gasteiger partial charge in [0.2, 0.25) is 18.0 Å². The zero-order chi connectivity index (χ0) is 18.7. The molecule has 0 saturated heterocycles. The molecule has 10 heteroatoms. The number of rotatable bonds is 6. The number of benzene rings is 1. The van der Waals surface area contributed by atoms with Crippen LogP contribution in [0.25, 0.3) is 11.3 Å². The summed E-state index contributed by atoms with van der Waals surface area (Å²) >= 11 is 0. The summed E-state index contributed by atoms with van der Waals surface area (Å²) in [6.45, 7) is 0. The number of hydrogen-bond acceptors (Lipinski definition) is 8. The van der Waals surface area contributed by atoms with Crippen molar-refractivity contribution < 1.29 is 22.7 Å². The van der Waals surface area contributed by atoms with Crippen molar-refractivity contribution in [2.45, 2.75) is 11.1 Å². The summed E-state index contributed by atoms with van der Waals surface area (Å²) in [6.07, 6.45) is 1.44. The van der Waals surface area contributed by atoms with Crippen LogP contribution in [-0.2, 0) is 9.05 Å². The van der Waals surface area contributed by atoms with Crippen molar-refractivity contribution in [3.63, 3.8) is 0 Å². The minimum Gasteiger partial charge on any atom is -0.480 e. The van der Waals surface area contributed by atoms with Gasteiger partial charge in [0.1, 0.15) is 4.90 Å². The van der Waals surface area contributed by atoms with E-state index in [0.717, 1.165) is 5.56 Å². The Hall–Kier alpha value is -2.62. The Balaban J connectivity index is 1.82. The molecule has 0 bridgehead atoms. The Morgan fingerprint density at radius 1 is 1.23 bits per heavy atom. The van der Waals surface area contributed by atoms with Crippen LogP contribution in [0.3, 0.4) is 0 Å². The van der Waals surface area contributed by atoms with Crippen molar-refractivity contribution in [3.05, 3.63) is 54.7 Å². The quantitative estimate of drug-likeness (QED) is 0.483. The third kappa shape index (κ3) is 3.96. The van der Waals surface area contributed by atoms with Crippen LogP contribution in [0.2, 0.25) is 0 Å². The molecule has 2 heterocycles. The highest BCUT2D eigenvalue weighted by molar-refractivity contribution is 8.13. The fourth-order valence-corrected chi connectivity index (χ4v) is 3.15. The fraction of sp³-hybridized carbons (Fsp3) is 0.125. The van der Waals surface area contributed by atoms with E-state index in [4.69, 9.17) is 19.8 Å². The zero-order valence-electron chi connectivity index (χ0n) is 13.5. The number of hydrogen-bond donors (Lipinski definition) is 2. The number of aliphatic hydroxyl groups excluding tert-OH is 1. The lowest BCUT2D eigenvalue weighted by Gasteiger charge is -2.12. The van der Waals surface area contributed by atoms with Crippen LogP contribution in [0.5, 0.6) is 5.88 Å². The Morgan fingerprint density at radius 2 is 1.96 bits per heavy atom. The number of halogens is 1. The van der Waals surface area contributed by atoms with E-state index in [9.17, 15) is 13.5 Å². The maximum Gasteiger partial charge on any atom is 0.266 e. The van der Waals surface area contributed by atoms with Crippen LogP contribution in [0, 0.1) is 0 Å². The first kappa shape index (κ1) is 18.2. The van der Waals surface area contributed by atoms with Crippen molar-refractivity contribution in [1.29, 1.82) is 0 Å². The predicted molar refractivity (Wildman–Crippen MR) is 94.3 cm³/mol. The Morgan fingerprint density at radius 3 is 2.62 bits per heavy atom. The van der Waals surface area contributed by atoms with Gasteiger partial charge in [-0.15, -0.1) is 0 Å². The van der Waals surface area contributed by atoms with E-state index < -0.39 is 15.3 Å². The molecule has 136 valence electrons. The summed E-state index contributed by atoms with van der Waals surface area (Å²) in [5, 5.41) is 12.9. The Kier molecular flexibility index (Phi) is 5.12. The van der Waals surface area contributed by atoms with Gasteiger partial charge in [0.05, 0.1) is 25.2 Å². The first-order chi connectivity index (χ1) is 12.4. The van der Waals surface area contributed by atoms with Gasteiger partial charge >= 0.3 is 0 Å². The fourth-order valence-electron chi connectivity index (χ4n) is 2.21. The molecule has 2 aromatic heterocycles. The van der Waals surface area contributed by atoms with Crippen molar-refractivity contribution in [2.75, 3.05) is 12.4 Å². The van der Waals surface area contributed by atoms with Crippen LogP contribution in [0.4, 0.5) is 5.69 Å². The summed E-state index contributed by atoms with van der Waals surface area (Å²) < 4.78 is 33.6. The maximum absolute atomic E-state index is 11.6. The molecule has 0 aliphatic rings. The summed E-state index contributed by atoms with van der Waals surface area (Å²) in [5.41, 5.74) is 0.997. The predicted octanol–water partition coefficient (Wildman–Crippen LogP) is 2.78. The number of anilines is 1. The van der Waals surface area contributed by atoms with E-state index >= 15 is 0 Å². The Labute approximate surface area is 153 Å². The molecule has 0 saturated carbocycles. The average molecular weight is 396 g/mol. The van der Waals surface area contributed by atoms with Crippen molar-refractivity contribution in [1.82, 2.24) is 9.97 Å². The molecule has 0 radical (unpaired) electrons. The number of nitrogens with one attached hydrogen (secondary N) is 1. The monoisotopic (exact) mass is 395 g/mol. The second-order valence-corrected chi connectivity index (χ2v) is 7.68. The lowest BCUT2D eigenvalue weighted by molar-refractivity contribution is 0.172. The highest BCUT2D eigenvalue weighted by atomic mass is 35.7. The van der Waals surface area contributed by atoms with Gasteiger partial charge in [-0.3, -0.25) is 0 Å². The molecular weight excluding hydrogens is 382 g/mol. The molecule has 2 N–H and O–H groups in total. The van der Waals surface area contributed by atoms with Crippen molar-refractivity contribution >= 4 is 25.4 Å². The Bertz CT molecular complexity index is 1010. The zero-order valence-corrected chi connectivity index (χ0v) is 15.0. The van der Waals surface area contributed by atoms with Gasteiger partial charge in [-0.05, 0) is 6.07 Å².